The van der Waals surface area contributed by atoms with E-state index >= 15 is 0 Å². The average molecular weight is 358 g/mol. The Morgan fingerprint density at radius 3 is 2.81 bits per heavy atom. The quantitative estimate of drug-likeness (QED) is 0.874. The summed E-state index contributed by atoms with van der Waals surface area (Å²) >= 11 is 0. The minimum absolute atomic E-state index is 0.0537. The molecule has 2 unspecified atom stereocenters. The van der Waals surface area contributed by atoms with E-state index in [1.54, 1.807) is 0 Å². The zero-order valence-electron chi connectivity index (χ0n) is 15.2. The zero-order valence-corrected chi connectivity index (χ0v) is 15.2. The maximum absolute atomic E-state index is 12.6. The molecule has 0 aromatic heterocycles. The molecule has 0 aliphatic heterocycles. The van der Waals surface area contributed by atoms with Gasteiger partial charge in [-0.25, -0.2) is 4.79 Å². The van der Waals surface area contributed by atoms with E-state index in [-0.39, 0.29) is 24.2 Å². The Kier molecular flexibility index (Phi) is 5.74. The third-order valence-electron chi connectivity index (χ3n) is 5.93. The summed E-state index contributed by atoms with van der Waals surface area (Å²) in [6.07, 6.45) is 4.56. The van der Waals surface area contributed by atoms with Crippen LogP contribution in [0.4, 0.5) is 0 Å². The Morgan fingerprint density at radius 2 is 2.04 bits per heavy atom. The van der Waals surface area contributed by atoms with E-state index in [0.717, 1.165) is 18.4 Å². The van der Waals surface area contributed by atoms with Gasteiger partial charge in [-0.2, -0.15) is 0 Å². The topological polar surface area (TPSA) is 80.7 Å². The zero-order chi connectivity index (χ0) is 18.7. The smallest absolute Gasteiger partial charge is 0.341 e. The van der Waals surface area contributed by atoms with Crippen LogP contribution in [0.15, 0.2) is 18.2 Å². The van der Waals surface area contributed by atoms with Gasteiger partial charge in [-0.15, -0.1) is 0 Å². The molecule has 0 bridgehead atoms. The molecule has 0 saturated heterocycles. The predicted octanol–water partition coefficient (Wildman–Crippen LogP) is 3.22. The third kappa shape index (κ3) is 4.14. The molecular formula is C21H26O5. The summed E-state index contributed by atoms with van der Waals surface area (Å²) in [4.78, 5) is 35.2. The van der Waals surface area contributed by atoms with E-state index in [9.17, 15) is 14.4 Å². The lowest BCUT2D eigenvalue weighted by atomic mass is 9.74. The van der Waals surface area contributed by atoms with E-state index in [1.807, 2.05) is 12.1 Å². The summed E-state index contributed by atoms with van der Waals surface area (Å²) in [5.41, 5.74) is 2.25. The minimum atomic E-state index is -0.990. The van der Waals surface area contributed by atoms with Crippen LogP contribution in [0.3, 0.4) is 0 Å². The second-order valence-corrected chi connectivity index (χ2v) is 7.61. The molecule has 5 heteroatoms. The number of hydrogen-bond acceptors (Lipinski definition) is 4. The van der Waals surface area contributed by atoms with Gasteiger partial charge in [0.25, 0.3) is 0 Å². The van der Waals surface area contributed by atoms with E-state index in [0.29, 0.717) is 49.6 Å². The summed E-state index contributed by atoms with van der Waals surface area (Å²) in [5, 5.41) is 8.84. The number of carboxylic acids is 1. The highest BCUT2D eigenvalue weighted by Gasteiger charge is 2.36. The number of ketones is 2. The van der Waals surface area contributed by atoms with Crippen LogP contribution in [-0.4, -0.2) is 29.2 Å². The second kappa shape index (κ2) is 8.02. The Hall–Kier alpha value is -2.17. The fourth-order valence-electron chi connectivity index (χ4n) is 4.43. The molecule has 1 aromatic carbocycles. The van der Waals surface area contributed by atoms with Crippen LogP contribution < -0.4 is 4.74 Å². The van der Waals surface area contributed by atoms with Crippen molar-refractivity contribution in [3.8, 4) is 5.75 Å². The van der Waals surface area contributed by atoms with Crippen molar-refractivity contribution in [2.75, 3.05) is 6.61 Å². The predicted molar refractivity (Wildman–Crippen MR) is 96.2 cm³/mol. The van der Waals surface area contributed by atoms with Crippen LogP contribution in [0.1, 0.15) is 50.2 Å². The fourth-order valence-corrected chi connectivity index (χ4v) is 4.43. The number of rotatable bonds is 5. The summed E-state index contributed by atoms with van der Waals surface area (Å²) < 4.78 is 5.44. The van der Waals surface area contributed by atoms with Crippen molar-refractivity contribution in [3.63, 3.8) is 0 Å². The molecule has 3 atom stereocenters. The largest absolute Gasteiger partial charge is 0.482 e. The number of ether oxygens (including phenoxy) is 1. The van der Waals surface area contributed by atoms with Gasteiger partial charge in [0.15, 0.2) is 6.61 Å². The van der Waals surface area contributed by atoms with Crippen LogP contribution in [0.25, 0.3) is 0 Å². The maximum atomic E-state index is 12.6. The van der Waals surface area contributed by atoms with Crippen LogP contribution in [0, 0.1) is 17.8 Å². The number of aliphatic carboxylic acids is 1. The van der Waals surface area contributed by atoms with Crippen molar-refractivity contribution in [1.29, 1.82) is 0 Å². The highest BCUT2D eigenvalue weighted by Crippen LogP contribution is 2.40. The maximum Gasteiger partial charge on any atom is 0.341 e. The van der Waals surface area contributed by atoms with Gasteiger partial charge in [0, 0.05) is 25.2 Å². The molecule has 5 nitrogen and oxygen atoms in total. The molecule has 0 radical (unpaired) electrons. The van der Waals surface area contributed by atoms with Crippen molar-refractivity contribution >= 4 is 17.5 Å². The SMILES string of the molecule is CC(C1CCC(=O)CCCC1=O)[C@@H]1Cc2cccc(OCC(=O)O)c2C1. The number of carbonyl (C=O) groups excluding carboxylic acids is 2. The van der Waals surface area contributed by atoms with Crippen molar-refractivity contribution in [1.82, 2.24) is 0 Å². The van der Waals surface area contributed by atoms with Crippen LogP contribution in [0.5, 0.6) is 5.75 Å². The first-order valence-electron chi connectivity index (χ1n) is 9.45. The number of carbonyl (C=O) groups is 3. The molecule has 1 saturated carbocycles. The highest BCUT2D eigenvalue weighted by molar-refractivity contribution is 5.85. The first kappa shape index (κ1) is 18.6. The van der Waals surface area contributed by atoms with Crippen molar-refractivity contribution in [2.24, 2.45) is 17.8 Å². The Labute approximate surface area is 153 Å². The first-order chi connectivity index (χ1) is 12.5. The number of hydrogen-bond donors (Lipinski definition) is 1. The lowest BCUT2D eigenvalue weighted by Gasteiger charge is -2.29. The summed E-state index contributed by atoms with van der Waals surface area (Å²) in [6, 6.07) is 5.76. The molecule has 0 amide bonds. The molecule has 2 aliphatic rings. The van der Waals surface area contributed by atoms with Gasteiger partial charge in [-0.05, 0) is 54.7 Å². The highest BCUT2D eigenvalue weighted by atomic mass is 16.5. The summed E-state index contributed by atoms with van der Waals surface area (Å²) in [5.74, 6) is 0.685. The van der Waals surface area contributed by atoms with Crippen LogP contribution in [0.2, 0.25) is 0 Å². The molecule has 1 aromatic rings. The average Bonchev–Trinajstić information content (AvgIpc) is 3.03. The minimum Gasteiger partial charge on any atom is -0.482 e. The van der Waals surface area contributed by atoms with Gasteiger partial charge in [0.2, 0.25) is 0 Å². The first-order valence-corrected chi connectivity index (χ1v) is 9.45. The van der Waals surface area contributed by atoms with E-state index in [1.165, 1.54) is 5.56 Å². The molecule has 3 rings (SSSR count). The standard InChI is InChI=1S/C21H26O5/c1-13(17-9-8-16(22)5-3-6-19(17)23)15-10-14-4-2-7-20(18(14)11-15)26-12-21(24)25/h2,4,7,13,15,17H,3,5-6,8-12H2,1H3,(H,24,25)/t13?,15-,17?/m1/s1. The van der Waals surface area contributed by atoms with E-state index in [4.69, 9.17) is 9.84 Å². The molecule has 0 spiro atoms. The van der Waals surface area contributed by atoms with Crippen LogP contribution >= 0.6 is 0 Å². The van der Waals surface area contributed by atoms with E-state index < -0.39 is 5.97 Å². The lowest BCUT2D eigenvalue weighted by Crippen LogP contribution is -2.30. The van der Waals surface area contributed by atoms with Crippen molar-refractivity contribution < 1.29 is 24.2 Å². The monoisotopic (exact) mass is 358 g/mol. The normalized spacial score (nSPS) is 24.5. The molecule has 1 N–H and O–H groups in total. The Bertz CT molecular complexity index is 708. The van der Waals surface area contributed by atoms with Crippen LogP contribution in [-0.2, 0) is 27.2 Å². The Balaban J connectivity index is 1.72. The van der Waals surface area contributed by atoms with Crippen molar-refractivity contribution in [3.05, 3.63) is 29.3 Å². The van der Waals surface area contributed by atoms with Crippen molar-refractivity contribution in [2.45, 2.75) is 51.9 Å². The fraction of sp³-hybridized carbons (Fsp3) is 0.571. The second-order valence-electron chi connectivity index (χ2n) is 7.61. The molecule has 0 heterocycles. The molecular weight excluding hydrogens is 332 g/mol. The Morgan fingerprint density at radius 1 is 1.23 bits per heavy atom. The number of carboxylic acid groups (broad SMARTS) is 1. The van der Waals surface area contributed by atoms with Gasteiger partial charge in [-0.3, -0.25) is 9.59 Å². The van der Waals surface area contributed by atoms with Gasteiger partial charge < -0.3 is 9.84 Å². The van der Waals surface area contributed by atoms with Gasteiger partial charge in [-0.1, -0.05) is 19.1 Å². The molecule has 2 aliphatic carbocycles. The number of fused-ring (bicyclic) bond motifs is 1. The molecule has 26 heavy (non-hydrogen) atoms. The third-order valence-corrected chi connectivity index (χ3v) is 5.93. The van der Waals surface area contributed by atoms with Gasteiger partial charge in [0.05, 0.1) is 0 Å². The van der Waals surface area contributed by atoms with E-state index in [2.05, 4.69) is 13.0 Å². The molecule has 140 valence electrons. The summed E-state index contributed by atoms with van der Waals surface area (Å²) in [7, 11) is 0. The lowest BCUT2D eigenvalue weighted by molar-refractivity contribution is -0.139. The molecule has 1 fully saturated rings. The summed E-state index contributed by atoms with van der Waals surface area (Å²) in [6.45, 7) is 1.78. The van der Waals surface area contributed by atoms with Gasteiger partial charge >= 0.3 is 5.97 Å². The van der Waals surface area contributed by atoms with Gasteiger partial charge in [0.1, 0.15) is 17.3 Å². The number of benzene rings is 1. The number of Topliss-reactive ketones (excluding diaryl/α,β-unsaturated/α-hetero) is 2.